The Balaban J connectivity index is 2.35. The van der Waals surface area contributed by atoms with Crippen LogP contribution in [0.2, 0.25) is 5.02 Å². The molecular formula is C15H11ClF3NO3. The van der Waals surface area contributed by atoms with Crippen LogP contribution in [0.3, 0.4) is 0 Å². The van der Waals surface area contributed by atoms with Crippen molar-refractivity contribution in [2.45, 2.75) is 19.2 Å². The normalized spacial score (nSPS) is 12.7. The highest BCUT2D eigenvalue weighted by Crippen LogP contribution is 2.39. The summed E-state index contributed by atoms with van der Waals surface area (Å²) in [6, 6.07) is 8.84. The summed E-state index contributed by atoms with van der Waals surface area (Å²) in [5.74, 6) is -0.467. The van der Waals surface area contributed by atoms with Gasteiger partial charge in [-0.3, -0.25) is 10.1 Å². The molecule has 4 nitrogen and oxygen atoms in total. The second kappa shape index (κ2) is 6.45. The van der Waals surface area contributed by atoms with Crippen molar-refractivity contribution in [3.8, 4) is 5.75 Å². The molecule has 1 atom stereocenters. The van der Waals surface area contributed by atoms with E-state index in [9.17, 15) is 23.3 Å². The summed E-state index contributed by atoms with van der Waals surface area (Å²) in [4.78, 5) is 9.76. The molecule has 0 fully saturated rings. The molecule has 0 N–H and O–H groups in total. The number of ether oxygens (including phenoxy) is 1. The van der Waals surface area contributed by atoms with Gasteiger partial charge in [0.15, 0.2) is 0 Å². The van der Waals surface area contributed by atoms with Gasteiger partial charge in [0.2, 0.25) is 0 Å². The van der Waals surface area contributed by atoms with Crippen LogP contribution in [0.5, 0.6) is 5.75 Å². The molecule has 0 saturated heterocycles. The SMILES string of the molecule is CC(Oc1ccc([N+](=O)[O-])cc1C(F)(F)F)c1ccc(Cl)cc1. The lowest BCUT2D eigenvalue weighted by Crippen LogP contribution is -2.11. The Kier molecular flexibility index (Phi) is 4.79. The molecule has 2 rings (SSSR count). The molecule has 1 unspecified atom stereocenters. The van der Waals surface area contributed by atoms with E-state index in [1.54, 1.807) is 31.2 Å². The van der Waals surface area contributed by atoms with E-state index in [4.69, 9.17) is 16.3 Å². The number of nitro benzene ring substituents is 1. The van der Waals surface area contributed by atoms with E-state index >= 15 is 0 Å². The van der Waals surface area contributed by atoms with Crippen molar-refractivity contribution in [2.24, 2.45) is 0 Å². The molecule has 2 aromatic rings. The Morgan fingerprint density at radius 3 is 2.30 bits per heavy atom. The Morgan fingerprint density at radius 1 is 1.17 bits per heavy atom. The van der Waals surface area contributed by atoms with Gasteiger partial charge in [-0.15, -0.1) is 0 Å². The molecule has 8 heteroatoms. The van der Waals surface area contributed by atoms with E-state index in [0.29, 0.717) is 16.7 Å². The molecule has 0 aliphatic carbocycles. The smallest absolute Gasteiger partial charge is 0.420 e. The molecule has 0 amide bonds. The van der Waals surface area contributed by atoms with Crippen LogP contribution in [-0.4, -0.2) is 4.92 Å². The van der Waals surface area contributed by atoms with Crippen molar-refractivity contribution < 1.29 is 22.8 Å². The van der Waals surface area contributed by atoms with Crippen molar-refractivity contribution in [1.82, 2.24) is 0 Å². The zero-order chi connectivity index (χ0) is 17.2. The third-order valence-electron chi connectivity index (χ3n) is 3.12. The molecule has 0 aromatic heterocycles. The van der Waals surface area contributed by atoms with Crippen molar-refractivity contribution in [3.63, 3.8) is 0 Å². The number of hydrogen-bond donors (Lipinski definition) is 0. The topological polar surface area (TPSA) is 52.4 Å². The van der Waals surface area contributed by atoms with E-state index in [1.165, 1.54) is 0 Å². The van der Waals surface area contributed by atoms with Gasteiger partial charge in [-0.05, 0) is 30.7 Å². The molecule has 2 aromatic carbocycles. The van der Waals surface area contributed by atoms with Gasteiger partial charge in [-0.1, -0.05) is 23.7 Å². The number of halogens is 4. The average Bonchev–Trinajstić information content (AvgIpc) is 2.46. The van der Waals surface area contributed by atoms with Gasteiger partial charge in [0.1, 0.15) is 17.4 Å². The van der Waals surface area contributed by atoms with Crippen LogP contribution in [0.1, 0.15) is 24.2 Å². The Hall–Kier alpha value is -2.28. The molecule has 0 radical (unpaired) electrons. The number of non-ortho nitro benzene ring substituents is 1. The Labute approximate surface area is 134 Å². The van der Waals surface area contributed by atoms with Crippen LogP contribution >= 0.6 is 11.6 Å². The molecule has 23 heavy (non-hydrogen) atoms. The van der Waals surface area contributed by atoms with Crippen molar-refractivity contribution in [2.75, 3.05) is 0 Å². The van der Waals surface area contributed by atoms with Crippen LogP contribution in [-0.2, 0) is 6.18 Å². The standard InChI is InChI=1S/C15H11ClF3NO3/c1-9(10-2-4-11(16)5-3-10)23-14-7-6-12(20(21)22)8-13(14)15(17,18)19/h2-9H,1H3. The molecule has 0 spiro atoms. The molecule has 0 heterocycles. The lowest BCUT2D eigenvalue weighted by atomic mass is 10.1. The number of alkyl halides is 3. The maximum Gasteiger partial charge on any atom is 0.420 e. The number of nitrogens with zero attached hydrogens (tertiary/aromatic N) is 1. The Morgan fingerprint density at radius 2 is 1.78 bits per heavy atom. The Bertz CT molecular complexity index is 717. The largest absolute Gasteiger partial charge is 0.485 e. The van der Waals surface area contributed by atoms with Crippen LogP contribution < -0.4 is 4.74 Å². The molecule has 0 aliphatic heterocycles. The zero-order valence-corrected chi connectivity index (χ0v) is 12.6. The monoisotopic (exact) mass is 345 g/mol. The highest BCUT2D eigenvalue weighted by Gasteiger charge is 2.36. The van der Waals surface area contributed by atoms with E-state index in [1.807, 2.05) is 0 Å². The van der Waals surface area contributed by atoms with Gasteiger partial charge in [0, 0.05) is 17.2 Å². The molecule has 0 aliphatic rings. The third kappa shape index (κ3) is 4.13. The first-order chi connectivity index (χ1) is 10.7. The number of benzene rings is 2. The summed E-state index contributed by atoms with van der Waals surface area (Å²) in [6.45, 7) is 1.57. The van der Waals surface area contributed by atoms with Gasteiger partial charge < -0.3 is 4.74 Å². The fraction of sp³-hybridized carbons (Fsp3) is 0.200. The summed E-state index contributed by atoms with van der Waals surface area (Å²) < 4.78 is 44.6. The molecule has 0 bridgehead atoms. The quantitative estimate of drug-likeness (QED) is 0.550. The van der Waals surface area contributed by atoms with Gasteiger partial charge in [-0.25, -0.2) is 0 Å². The summed E-state index contributed by atoms with van der Waals surface area (Å²) >= 11 is 5.76. The van der Waals surface area contributed by atoms with Crippen molar-refractivity contribution >= 4 is 17.3 Å². The first-order valence-electron chi connectivity index (χ1n) is 6.46. The number of nitro groups is 1. The predicted molar refractivity (Wildman–Crippen MR) is 78.6 cm³/mol. The lowest BCUT2D eigenvalue weighted by molar-refractivity contribution is -0.385. The molecule has 0 saturated carbocycles. The second-order valence-corrected chi connectivity index (χ2v) is 5.18. The van der Waals surface area contributed by atoms with E-state index in [2.05, 4.69) is 0 Å². The van der Waals surface area contributed by atoms with Gasteiger partial charge >= 0.3 is 6.18 Å². The van der Waals surface area contributed by atoms with Gasteiger partial charge in [-0.2, -0.15) is 13.2 Å². The second-order valence-electron chi connectivity index (χ2n) is 4.75. The van der Waals surface area contributed by atoms with Gasteiger partial charge in [0.05, 0.1) is 4.92 Å². The molecular weight excluding hydrogens is 335 g/mol. The predicted octanol–water partition coefficient (Wildman–Crippen LogP) is 5.41. The minimum absolute atomic E-state index is 0.462. The summed E-state index contributed by atoms with van der Waals surface area (Å²) in [5, 5.41) is 11.1. The van der Waals surface area contributed by atoms with Crippen molar-refractivity contribution in [3.05, 3.63) is 68.7 Å². The summed E-state index contributed by atoms with van der Waals surface area (Å²) in [7, 11) is 0. The fourth-order valence-electron chi connectivity index (χ4n) is 1.95. The highest BCUT2D eigenvalue weighted by molar-refractivity contribution is 6.30. The lowest BCUT2D eigenvalue weighted by Gasteiger charge is -2.19. The fourth-order valence-corrected chi connectivity index (χ4v) is 2.07. The summed E-state index contributed by atoms with van der Waals surface area (Å²) in [6.07, 6.45) is -5.45. The summed E-state index contributed by atoms with van der Waals surface area (Å²) in [5.41, 5.74) is -1.21. The third-order valence-corrected chi connectivity index (χ3v) is 3.37. The number of hydrogen-bond acceptors (Lipinski definition) is 3. The van der Waals surface area contributed by atoms with Crippen LogP contribution in [0.25, 0.3) is 0 Å². The average molecular weight is 346 g/mol. The maximum atomic E-state index is 13.1. The van der Waals surface area contributed by atoms with E-state index in [-0.39, 0.29) is 0 Å². The minimum atomic E-state index is -4.76. The van der Waals surface area contributed by atoms with Crippen LogP contribution in [0, 0.1) is 10.1 Å². The minimum Gasteiger partial charge on any atom is -0.485 e. The van der Waals surface area contributed by atoms with Crippen LogP contribution in [0.15, 0.2) is 42.5 Å². The molecule has 122 valence electrons. The van der Waals surface area contributed by atoms with E-state index in [0.717, 1.165) is 12.1 Å². The van der Waals surface area contributed by atoms with Crippen LogP contribution in [0.4, 0.5) is 18.9 Å². The van der Waals surface area contributed by atoms with Crippen molar-refractivity contribution in [1.29, 1.82) is 0 Å². The maximum absolute atomic E-state index is 13.1. The highest BCUT2D eigenvalue weighted by atomic mass is 35.5. The van der Waals surface area contributed by atoms with Gasteiger partial charge in [0.25, 0.3) is 5.69 Å². The first-order valence-corrected chi connectivity index (χ1v) is 6.84. The zero-order valence-electron chi connectivity index (χ0n) is 11.8. The van der Waals surface area contributed by atoms with E-state index < -0.39 is 34.2 Å². The number of rotatable bonds is 4. The first kappa shape index (κ1) is 17.1.